The molecule has 5 rings (SSSR count). The van der Waals surface area contributed by atoms with Crippen molar-refractivity contribution in [1.82, 2.24) is 14.5 Å². The first-order valence-corrected chi connectivity index (χ1v) is 8.95. The molecule has 26 heavy (non-hydrogen) atoms. The lowest BCUT2D eigenvalue weighted by molar-refractivity contribution is 0.263. The summed E-state index contributed by atoms with van der Waals surface area (Å²) in [7, 11) is 0. The molecule has 3 aromatic rings. The maximum Gasteiger partial charge on any atom is 0.118 e. The monoisotopic (exact) mass is 348 g/mol. The summed E-state index contributed by atoms with van der Waals surface area (Å²) in [6.45, 7) is 3.00. The minimum absolute atomic E-state index is 0.294. The van der Waals surface area contributed by atoms with Gasteiger partial charge in [0.1, 0.15) is 12.0 Å². The van der Waals surface area contributed by atoms with E-state index in [1.54, 1.807) is 11.1 Å². The summed E-state index contributed by atoms with van der Waals surface area (Å²) in [5.41, 5.74) is 6.49. The summed E-state index contributed by atoms with van der Waals surface area (Å²) < 4.78 is 34.0. The molecular weight excluding hydrogens is 320 g/mol. The lowest BCUT2D eigenvalue weighted by Crippen LogP contribution is -2.39. The fourth-order valence-electron chi connectivity index (χ4n) is 4.18. The van der Waals surface area contributed by atoms with E-state index in [9.17, 15) is 0 Å². The summed E-state index contributed by atoms with van der Waals surface area (Å²) >= 11 is 0. The third-order valence-electron chi connectivity index (χ3n) is 5.48. The summed E-state index contributed by atoms with van der Waals surface area (Å²) in [6, 6.07) is 10.9. The van der Waals surface area contributed by atoms with Crippen LogP contribution in [0.5, 0.6) is 0 Å². The standard InChI is InChI=1S/C22H24N4/c1-14(2)24-9-10-25(16(24)4)20-13-21-18(11-15(20)3)23-22-12-17-7-5-6-8-19(17)26(21)22/h5-11,13-14,16H,12H2,1-4H3/t16-/m0/s1/i1D3,14D/t14?,16-. The Balaban J connectivity index is 1.59. The van der Waals surface area contributed by atoms with Crippen LogP contribution >= 0.6 is 0 Å². The Bertz CT molecular complexity index is 1190. The van der Waals surface area contributed by atoms with Crippen LogP contribution in [0.3, 0.4) is 0 Å². The number of aromatic nitrogens is 2. The van der Waals surface area contributed by atoms with Crippen molar-refractivity contribution in [3.63, 3.8) is 0 Å². The molecule has 2 atom stereocenters. The molecule has 0 spiro atoms. The quantitative estimate of drug-likeness (QED) is 0.530. The van der Waals surface area contributed by atoms with E-state index in [1.807, 2.05) is 31.0 Å². The normalized spacial score (nSPS) is 23.3. The van der Waals surface area contributed by atoms with Crippen molar-refractivity contribution < 1.29 is 5.48 Å². The van der Waals surface area contributed by atoms with E-state index in [1.165, 1.54) is 12.5 Å². The Kier molecular flexibility index (Phi) is 2.43. The first-order valence-electron chi connectivity index (χ1n) is 10.9. The molecule has 4 heteroatoms. The highest BCUT2D eigenvalue weighted by Gasteiger charge is 2.28. The number of imidazole rings is 1. The largest absolute Gasteiger partial charge is 0.353 e. The average Bonchev–Trinajstić information content (AvgIpc) is 3.31. The molecule has 0 saturated heterocycles. The average molecular weight is 348 g/mol. The van der Waals surface area contributed by atoms with E-state index in [-0.39, 0.29) is 6.17 Å². The Morgan fingerprint density at radius 2 is 2.08 bits per heavy atom. The molecule has 2 aromatic carbocycles. The van der Waals surface area contributed by atoms with Crippen molar-refractivity contribution in [2.75, 3.05) is 4.90 Å². The van der Waals surface area contributed by atoms with Crippen LogP contribution in [0, 0.1) is 6.92 Å². The van der Waals surface area contributed by atoms with Gasteiger partial charge >= 0.3 is 0 Å². The first kappa shape index (κ1) is 11.8. The lowest BCUT2D eigenvalue weighted by Gasteiger charge is -2.33. The highest BCUT2D eigenvalue weighted by atomic mass is 15.4. The fraction of sp³-hybridized carbons (Fsp3) is 0.318. The molecule has 132 valence electrons. The molecule has 1 unspecified atom stereocenters. The number of benzene rings is 2. The summed E-state index contributed by atoms with van der Waals surface area (Å²) in [5, 5.41) is 0. The molecule has 1 aromatic heterocycles. The van der Waals surface area contributed by atoms with E-state index in [0.29, 0.717) is 0 Å². The number of aryl methyl sites for hydroxylation is 1. The van der Waals surface area contributed by atoms with Crippen molar-refractivity contribution in [1.29, 1.82) is 0 Å². The molecule has 4 nitrogen and oxygen atoms in total. The van der Waals surface area contributed by atoms with Crippen LogP contribution in [-0.2, 0) is 6.42 Å². The van der Waals surface area contributed by atoms with Crippen LogP contribution in [0.4, 0.5) is 5.69 Å². The van der Waals surface area contributed by atoms with Crippen LogP contribution in [-0.4, -0.2) is 26.6 Å². The number of fused-ring (bicyclic) bond motifs is 5. The number of anilines is 1. The van der Waals surface area contributed by atoms with Gasteiger partial charge in [0.2, 0.25) is 0 Å². The molecule has 0 N–H and O–H groups in total. The van der Waals surface area contributed by atoms with Crippen molar-refractivity contribution in [2.45, 2.75) is 46.2 Å². The number of hydrogen-bond donors (Lipinski definition) is 0. The first-order chi connectivity index (χ1) is 14.1. The second kappa shape index (κ2) is 5.37. The van der Waals surface area contributed by atoms with Gasteiger partial charge in [-0.3, -0.25) is 4.57 Å². The van der Waals surface area contributed by atoms with Crippen molar-refractivity contribution in [3.8, 4) is 5.69 Å². The SMILES string of the molecule is [2H]C([2H])([2H])C([2H])(C)N1C=CN(c2cc3c(cc2C)nc2n3-c3ccccc3C2)[C@H]1C. The van der Waals surface area contributed by atoms with Gasteiger partial charge in [0.25, 0.3) is 0 Å². The second-order valence-electron chi connectivity index (χ2n) is 7.13. The van der Waals surface area contributed by atoms with Gasteiger partial charge in [-0.1, -0.05) is 18.2 Å². The molecule has 0 radical (unpaired) electrons. The third kappa shape index (κ3) is 2.05. The van der Waals surface area contributed by atoms with Gasteiger partial charge in [0.05, 0.1) is 18.1 Å². The maximum absolute atomic E-state index is 8.47. The van der Waals surface area contributed by atoms with Gasteiger partial charge < -0.3 is 9.80 Å². The van der Waals surface area contributed by atoms with Crippen LogP contribution in [0.2, 0.25) is 0 Å². The zero-order valence-electron chi connectivity index (χ0n) is 19.2. The number of hydrogen-bond acceptors (Lipinski definition) is 3. The highest BCUT2D eigenvalue weighted by Crippen LogP contribution is 2.36. The predicted octanol–water partition coefficient (Wildman–Crippen LogP) is 4.59. The minimum atomic E-state index is -2.42. The van der Waals surface area contributed by atoms with Crippen molar-refractivity contribution in [2.24, 2.45) is 0 Å². The van der Waals surface area contributed by atoms with Crippen LogP contribution < -0.4 is 4.90 Å². The topological polar surface area (TPSA) is 24.3 Å². The van der Waals surface area contributed by atoms with Crippen LogP contribution in [0.25, 0.3) is 16.7 Å². The lowest BCUT2D eigenvalue weighted by atomic mass is 10.1. The molecule has 2 aliphatic rings. The van der Waals surface area contributed by atoms with Crippen LogP contribution in [0.15, 0.2) is 48.8 Å². The molecular formula is C22H24N4. The van der Waals surface area contributed by atoms with Crippen molar-refractivity contribution in [3.05, 3.63) is 65.7 Å². The van der Waals surface area contributed by atoms with Crippen LogP contribution in [0.1, 0.15) is 43.1 Å². The summed E-state index contributed by atoms with van der Waals surface area (Å²) in [6.07, 6.45) is 4.11. The molecule has 0 saturated carbocycles. The Morgan fingerprint density at radius 1 is 1.23 bits per heavy atom. The molecule has 3 heterocycles. The fourth-order valence-corrected chi connectivity index (χ4v) is 4.18. The van der Waals surface area contributed by atoms with Gasteiger partial charge in [-0.15, -0.1) is 0 Å². The Labute approximate surface area is 160 Å². The van der Waals surface area contributed by atoms with Gasteiger partial charge in [-0.05, 0) is 56.9 Å². The molecule has 0 aliphatic carbocycles. The van der Waals surface area contributed by atoms with Gasteiger partial charge in [0.15, 0.2) is 0 Å². The van der Waals surface area contributed by atoms with Gasteiger partial charge in [-0.25, -0.2) is 4.98 Å². The van der Waals surface area contributed by atoms with E-state index in [4.69, 9.17) is 10.5 Å². The minimum Gasteiger partial charge on any atom is -0.353 e. The van der Waals surface area contributed by atoms with Gasteiger partial charge in [0, 0.05) is 34.6 Å². The van der Waals surface area contributed by atoms with Crippen molar-refractivity contribution >= 4 is 16.7 Å². The Morgan fingerprint density at radius 3 is 2.92 bits per heavy atom. The highest BCUT2D eigenvalue weighted by molar-refractivity contribution is 5.85. The second-order valence-corrected chi connectivity index (χ2v) is 7.13. The molecule has 0 bridgehead atoms. The zero-order valence-corrected chi connectivity index (χ0v) is 15.2. The number of para-hydroxylation sites is 1. The smallest absolute Gasteiger partial charge is 0.118 e. The Hall–Kier alpha value is -2.75. The van der Waals surface area contributed by atoms with E-state index in [0.717, 1.165) is 40.2 Å². The molecule has 0 fully saturated rings. The van der Waals surface area contributed by atoms with Gasteiger partial charge in [-0.2, -0.15) is 0 Å². The molecule has 0 amide bonds. The summed E-state index contributed by atoms with van der Waals surface area (Å²) in [5.74, 6) is 1.04. The van der Waals surface area contributed by atoms with E-state index >= 15 is 0 Å². The number of rotatable bonds is 2. The maximum atomic E-state index is 8.47. The number of nitrogens with zero attached hydrogens (tertiary/aromatic N) is 4. The zero-order chi connectivity index (χ0) is 21.4. The third-order valence-corrected chi connectivity index (χ3v) is 5.48. The molecule has 2 aliphatic heterocycles. The van der Waals surface area contributed by atoms with E-state index < -0.39 is 12.9 Å². The predicted molar refractivity (Wildman–Crippen MR) is 107 cm³/mol. The summed E-state index contributed by atoms with van der Waals surface area (Å²) in [4.78, 5) is 8.49. The van der Waals surface area contributed by atoms with E-state index in [2.05, 4.69) is 34.9 Å².